The standard InChI is InChI=1S/C16H20FNO3/c1-11-8-18(9-12(2)21-11)10-14-3-5-15(17)7-13(14)4-6-16(19)20/h3-7,11-12H,8-10H2,1-2H3,(H,19,20)/b6-4+/t11-,12+. The number of ether oxygens (including phenoxy) is 1. The zero-order valence-corrected chi connectivity index (χ0v) is 12.3. The predicted octanol–water partition coefficient (Wildman–Crippen LogP) is 2.53. The highest BCUT2D eigenvalue weighted by Gasteiger charge is 2.22. The topological polar surface area (TPSA) is 49.8 Å². The van der Waals surface area contributed by atoms with Crippen molar-refractivity contribution in [3.8, 4) is 0 Å². The normalized spacial score (nSPS) is 23.6. The number of hydrogen-bond donors (Lipinski definition) is 1. The van der Waals surface area contributed by atoms with Gasteiger partial charge < -0.3 is 9.84 Å². The van der Waals surface area contributed by atoms with Crippen LogP contribution in [0.1, 0.15) is 25.0 Å². The minimum atomic E-state index is -1.04. The smallest absolute Gasteiger partial charge is 0.328 e. The molecule has 0 amide bonds. The largest absolute Gasteiger partial charge is 0.478 e. The van der Waals surface area contributed by atoms with E-state index in [4.69, 9.17) is 9.84 Å². The highest BCUT2D eigenvalue weighted by molar-refractivity contribution is 5.85. The van der Waals surface area contributed by atoms with Crippen LogP contribution < -0.4 is 0 Å². The summed E-state index contributed by atoms with van der Waals surface area (Å²) in [6.07, 6.45) is 2.79. The molecule has 1 aromatic rings. The maximum atomic E-state index is 13.4. The molecule has 0 spiro atoms. The molecule has 1 aliphatic heterocycles. The van der Waals surface area contributed by atoms with E-state index in [0.717, 1.165) is 24.7 Å². The zero-order valence-electron chi connectivity index (χ0n) is 12.3. The number of rotatable bonds is 4. The highest BCUT2D eigenvalue weighted by atomic mass is 19.1. The van der Waals surface area contributed by atoms with Gasteiger partial charge in [-0.25, -0.2) is 9.18 Å². The van der Waals surface area contributed by atoms with E-state index in [2.05, 4.69) is 4.90 Å². The van der Waals surface area contributed by atoms with E-state index >= 15 is 0 Å². The second-order valence-electron chi connectivity index (χ2n) is 5.47. The lowest BCUT2D eigenvalue weighted by Gasteiger charge is -2.35. The molecule has 0 unspecified atom stereocenters. The number of aliphatic carboxylic acids is 1. The maximum Gasteiger partial charge on any atom is 0.328 e. The van der Waals surface area contributed by atoms with E-state index < -0.39 is 5.97 Å². The van der Waals surface area contributed by atoms with Crippen molar-refractivity contribution in [2.24, 2.45) is 0 Å². The summed E-state index contributed by atoms with van der Waals surface area (Å²) < 4.78 is 19.0. The van der Waals surface area contributed by atoms with Crippen LogP contribution in [-0.4, -0.2) is 41.3 Å². The fourth-order valence-electron chi connectivity index (χ4n) is 2.68. The van der Waals surface area contributed by atoms with Crippen molar-refractivity contribution in [3.05, 3.63) is 41.2 Å². The molecule has 0 aromatic heterocycles. The molecule has 114 valence electrons. The van der Waals surface area contributed by atoms with Crippen LogP contribution in [0.2, 0.25) is 0 Å². The van der Waals surface area contributed by atoms with Crippen molar-refractivity contribution < 1.29 is 19.0 Å². The third-order valence-corrected chi connectivity index (χ3v) is 3.40. The Bertz CT molecular complexity index is 534. The summed E-state index contributed by atoms with van der Waals surface area (Å²) in [5.41, 5.74) is 1.51. The molecular weight excluding hydrogens is 273 g/mol. The SMILES string of the molecule is C[C@@H]1CN(Cc2ccc(F)cc2/C=C/C(=O)O)C[C@H](C)O1. The molecule has 21 heavy (non-hydrogen) atoms. The summed E-state index contributed by atoms with van der Waals surface area (Å²) in [5.74, 6) is -1.41. The predicted molar refractivity (Wildman–Crippen MR) is 78.4 cm³/mol. The van der Waals surface area contributed by atoms with Gasteiger partial charge in [-0.2, -0.15) is 0 Å². The van der Waals surface area contributed by atoms with Gasteiger partial charge in [0.2, 0.25) is 0 Å². The average molecular weight is 293 g/mol. The molecule has 1 N–H and O–H groups in total. The van der Waals surface area contributed by atoms with Gasteiger partial charge in [-0.1, -0.05) is 6.07 Å². The van der Waals surface area contributed by atoms with Gasteiger partial charge >= 0.3 is 5.97 Å². The zero-order chi connectivity index (χ0) is 15.4. The van der Waals surface area contributed by atoms with Crippen molar-refractivity contribution in [3.63, 3.8) is 0 Å². The van der Waals surface area contributed by atoms with Gasteiger partial charge in [0.1, 0.15) is 5.82 Å². The number of hydrogen-bond acceptors (Lipinski definition) is 3. The third-order valence-electron chi connectivity index (χ3n) is 3.40. The number of morpholine rings is 1. The maximum absolute atomic E-state index is 13.4. The Balaban J connectivity index is 2.17. The van der Waals surface area contributed by atoms with E-state index in [9.17, 15) is 9.18 Å². The monoisotopic (exact) mass is 293 g/mol. The molecule has 1 heterocycles. The van der Waals surface area contributed by atoms with Gasteiger partial charge in [0.15, 0.2) is 0 Å². The second kappa shape index (κ2) is 6.83. The van der Waals surface area contributed by atoms with Crippen LogP contribution in [0.25, 0.3) is 6.08 Å². The molecule has 1 aliphatic rings. The van der Waals surface area contributed by atoms with Crippen LogP contribution in [-0.2, 0) is 16.1 Å². The fourth-order valence-corrected chi connectivity index (χ4v) is 2.68. The Labute approximate surface area is 123 Å². The summed E-state index contributed by atoms with van der Waals surface area (Å²) in [4.78, 5) is 12.9. The van der Waals surface area contributed by atoms with Crippen LogP contribution in [0.15, 0.2) is 24.3 Å². The number of carboxylic acids is 1. The van der Waals surface area contributed by atoms with Crippen molar-refractivity contribution in [1.29, 1.82) is 0 Å². The van der Waals surface area contributed by atoms with Gasteiger partial charge in [0, 0.05) is 25.7 Å². The van der Waals surface area contributed by atoms with Crippen molar-refractivity contribution in [2.45, 2.75) is 32.6 Å². The van der Waals surface area contributed by atoms with Crippen molar-refractivity contribution in [2.75, 3.05) is 13.1 Å². The Morgan fingerprint density at radius 3 is 2.71 bits per heavy atom. The first-order valence-corrected chi connectivity index (χ1v) is 7.01. The lowest BCUT2D eigenvalue weighted by molar-refractivity contribution is -0.131. The molecule has 0 radical (unpaired) electrons. The molecule has 1 aromatic carbocycles. The number of carbonyl (C=O) groups is 1. The van der Waals surface area contributed by atoms with Crippen LogP contribution in [0.4, 0.5) is 4.39 Å². The first-order chi connectivity index (χ1) is 9.94. The number of halogens is 1. The summed E-state index contributed by atoms with van der Waals surface area (Å²) in [6, 6.07) is 4.48. The molecule has 2 rings (SSSR count). The van der Waals surface area contributed by atoms with Gasteiger partial charge in [0.05, 0.1) is 12.2 Å². The van der Waals surface area contributed by atoms with Crippen LogP contribution in [0.3, 0.4) is 0 Å². The molecule has 4 nitrogen and oxygen atoms in total. The lowest BCUT2D eigenvalue weighted by atomic mass is 10.1. The summed E-state index contributed by atoms with van der Waals surface area (Å²) in [5, 5.41) is 8.72. The number of nitrogens with zero attached hydrogens (tertiary/aromatic N) is 1. The number of benzene rings is 1. The molecule has 1 saturated heterocycles. The third kappa shape index (κ3) is 4.65. The van der Waals surface area contributed by atoms with Gasteiger partial charge in [0.25, 0.3) is 0 Å². The second-order valence-corrected chi connectivity index (χ2v) is 5.47. The molecule has 0 saturated carbocycles. The molecular formula is C16H20FNO3. The summed E-state index contributed by atoms with van der Waals surface area (Å²) >= 11 is 0. The van der Waals surface area contributed by atoms with Crippen LogP contribution >= 0.6 is 0 Å². The molecule has 2 atom stereocenters. The average Bonchev–Trinajstić information content (AvgIpc) is 2.37. The fraction of sp³-hybridized carbons (Fsp3) is 0.438. The number of carboxylic acid groups (broad SMARTS) is 1. The van der Waals surface area contributed by atoms with E-state index in [-0.39, 0.29) is 18.0 Å². The van der Waals surface area contributed by atoms with E-state index in [1.807, 2.05) is 13.8 Å². The quantitative estimate of drug-likeness (QED) is 0.867. The first kappa shape index (κ1) is 15.7. The van der Waals surface area contributed by atoms with Gasteiger partial charge in [-0.05, 0) is 43.2 Å². The molecule has 1 fully saturated rings. The van der Waals surface area contributed by atoms with Gasteiger partial charge in [-0.15, -0.1) is 0 Å². The summed E-state index contributed by atoms with van der Waals surface area (Å²) in [6.45, 7) is 6.32. The Kier molecular flexibility index (Phi) is 5.09. The van der Waals surface area contributed by atoms with E-state index in [1.54, 1.807) is 6.07 Å². The van der Waals surface area contributed by atoms with Crippen LogP contribution in [0, 0.1) is 5.82 Å². The van der Waals surface area contributed by atoms with E-state index in [0.29, 0.717) is 12.1 Å². The summed E-state index contributed by atoms with van der Waals surface area (Å²) in [7, 11) is 0. The lowest BCUT2D eigenvalue weighted by Crippen LogP contribution is -2.44. The van der Waals surface area contributed by atoms with Gasteiger partial charge in [-0.3, -0.25) is 4.90 Å². The minimum Gasteiger partial charge on any atom is -0.478 e. The minimum absolute atomic E-state index is 0.159. The molecule has 5 heteroatoms. The first-order valence-electron chi connectivity index (χ1n) is 7.01. The molecule has 0 aliphatic carbocycles. The van der Waals surface area contributed by atoms with Crippen molar-refractivity contribution in [1.82, 2.24) is 4.90 Å². The Morgan fingerprint density at radius 1 is 1.43 bits per heavy atom. The Morgan fingerprint density at radius 2 is 2.10 bits per heavy atom. The van der Waals surface area contributed by atoms with E-state index in [1.165, 1.54) is 18.2 Å². The van der Waals surface area contributed by atoms with Crippen molar-refractivity contribution >= 4 is 12.0 Å². The highest BCUT2D eigenvalue weighted by Crippen LogP contribution is 2.19. The molecule has 0 bridgehead atoms. The Hall–Kier alpha value is -1.72. The van der Waals surface area contributed by atoms with Crippen LogP contribution in [0.5, 0.6) is 0 Å².